The van der Waals surface area contributed by atoms with Crippen molar-refractivity contribution in [2.75, 3.05) is 7.11 Å². The van der Waals surface area contributed by atoms with Gasteiger partial charge in [0, 0.05) is 11.1 Å². The second-order valence-corrected chi connectivity index (χ2v) is 5.53. The maximum Gasteiger partial charge on any atom is 0.141 e. The molecule has 1 aliphatic rings. The minimum absolute atomic E-state index is 0.784. The van der Waals surface area contributed by atoms with Gasteiger partial charge in [-0.05, 0) is 28.8 Å². The normalized spacial score (nSPS) is 14.3. The molecule has 0 aliphatic heterocycles. The average molecular weight is 288 g/mol. The van der Waals surface area contributed by atoms with Gasteiger partial charge in [-0.3, -0.25) is 0 Å². The van der Waals surface area contributed by atoms with E-state index >= 15 is 0 Å². The molecule has 0 spiro atoms. The van der Waals surface area contributed by atoms with Crippen molar-refractivity contribution in [1.82, 2.24) is 0 Å². The molecule has 0 bridgehead atoms. The van der Waals surface area contributed by atoms with Crippen LogP contribution in [-0.4, -0.2) is 12.2 Å². The van der Waals surface area contributed by atoms with Crippen LogP contribution < -0.4 is 4.74 Å². The first-order chi connectivity index (χ1) is 10.7. The first-order valence-corrected chi connectivity index (χ1v) is 7.31. The number of methoxy groups -OCH3 is 1. The summed E-state index contributed by atoms with van der Waals surface area (Å²) in [7, 11) is 1.64. The number of rotatable bonds is 2. The van der Waals surface area contributed by atoms with E-state index in [1.54, 1.807) is 7.11 Å². The Morgan fingerprint density at radius 3 is 1.73 bits per heavy atom. The van der Waals surface area contributed by atoms with E-state index < -0.39 is 5.60 Å². The second kappa shape index (κ2) is 4.72. The number of hydrogen-bond acceptors (Lipinski definition) is 2. The van der Waals surface area contributed by atoms with Crippen LogP contribution in [0.4, 0.5) is 0 Å². The highest BCUT2D eigenvalue weighted by Crippen LogP contribution is 2.50. The van der Waals surface area contributed by atoms with Gasteiger partial charge in [0.1, 0.15) is 11.4 Å². The van der Waals surface area contributed by atoms with Crippen molar-refractivity contribution >= 4 is 0 Å². The molecule has 0 amide bonds. The summed E-state index contributed by atoms with van der Waals surface area (Å²) in [6, 6.07) is 23.7. The van der Waals surface area contributed by atoms with Crippen molar-refractivity contribution in [1.29, 1.82) is 0 Å². The molecule has 1 aliphatic carbocycles. The maximum atomic E-state index is 11.6. The summed E-state index contributed by atoms with van der Waals surface area (Å²) in [6.45, 7) is 0. The minimum Gasteiger partial charge on any atom is -0.497 e. The quantitative estimate of drug-likeness (QED) is 0.773. The second-order valence-electron chi connectivity index (χ2n) is 5.53. The Bertz CT molecular complexity index is 789. The van der Waals surface area contributed by atoms with E-state index in [1.165, 1.54) is 0 Å². The zero-order valence-electron chi connectivity index (χ0n) is 12.3. The van der Waals surface area contributed by atoms with Gasteiger partial charge < -0.3 is 9.84 Å². The number of benzene rings is 3. The predicted molar refractivity (Wildman–Crippen MR) is 87.0 cm³/mol. The van der Waals surface area contributed by atoms with Crippen LogP contribution in [0.3, 0.4) is 0 Å². The molecule has 3 aromatic carbocycles. The van der Waals surface area contributed by atoms with Gasteiger partial charge in [0.15, 0.2) is 0 Å². The molecule has 2 heteroatoms. The van der Waals surface area contributed by atoms with E-state index in [0.29, 0.717) is 0 Å². The lowest BCUT2D eigenvalue weighted by Crippen LogP contribution is -2.26. The standard InChI is InChI=1S/C20H16O2/c1-22-15-12-10-14(11-13-15)20(21)18-8-4-2-6-16(18)17-7-3-5-9-19(17)20/h2-13,21H,1H3. The van der Waals surface area contributed by atoms with Crippen LogP contribution in [0.25, 0.3) is 11.1 Å². The van der Waals surface area contributed by atoms with Crippen LogP contribution in [0, 0.1) is 0 Å². The fraction of sp³-hybridized carbons (Fsp3) is 0.100. The molecule has 0 atom stereocenters. The Labute approximate surface area is 129 Å². The summed E-state index contributed by atoms with van der Waals surface area (Å²) in [4.78, 5) is 0. The zero-order valence-corrected chi connectivity index (χ0v) is 12.3. The molecule has 0 saturated carbocycles. The zero-order chi connectivity index (χ0) is 15.2. The summed E-state index contributed by atoms with van der Waals surface area (Å²) in [5.74, 6) is 0.784. The smallest absolute Gasteiger partial charge is 0.141 e. The Hall–Kier alpha value is -2.58. The SMILES string of the molecule is COc1ccc(C2(O)c3ccccc3-c3ccccc32)cc1. The van der Waals surface area contributed by atoms with Gasteiger partial charge in [-0.2, -0.15) is 0 Å². The maximum absolute atomic E-state index is 11.6. The fourth-order valence-corrected chi connectivity index (χ4v) is 3.36. The lowest BCUT2D eigenvalue weighted by atomic mass is 9.84. The lowest BCUT2D eigenvalue weighted by Gasteiger charge is -2.26. The monoisotopic (exact) mass is 288 g/mol. The van der Waals surface area contributed by atoms with Crippen molar-refractivity contribution in [3.63, 3.8) is 0 Å². The van der Waals surface area contributed by atoms with Crippen molar-refractivity contribution in [3.8, 4) is 16.9 Å². The van der Waals surface area contributed by atoms with E-state index in [9.17, 15) is 5.11 Å². The minimum atomic E-state index is -1.11. The lowest BCUT2D eigenvalue weighted by molar-refractivity contribution is 0.130. The molecule has 1 N–H and O–H groups in total. The third-order valence-electron chi connectivity index (χ3n) is 4.43. The molecular weight excluding hydrogens is 272 g/mol. The van der Waals surface area contributed by atoms with Gasteiger partial charge in [-0.15, -0.1) is 0 Å². The molecule has 0 heterocycles. The van der Waals surface area contributed by atoms with Crippen molar-refractivity contribution in [2.24, 2.45) is 0 Å². The third kappa shape index (κ3) is 1.65. The van der Waals surface area contributed by atoms with Crippen LogP contribution in [0.5, 0.6) is 5.75 Å². The molecule has 3 aromatic rings. The summed E-state index contributed by atoms with van der Waals surface area (Å²) >= 11 is 0. The number of aliphatic hydroxyl groups is 1. The van der Waals surface area contributed by atoms with Gasteiger partial charge in [0.2, 0.25) is 0 Å². The molecule has 0 saturated heterocycles. The molecule has 0 unspecified atom stereocenters. The molecule has 108 valence electrons. The summed E-state index contributed by atoms with van der Waals surface area (Å²) in [5, 5.41) is 11.6. The predicted octanol–water partition coefficient (Wildman–Crippen LogP) is 3.96. The van der Waals surface area contributed by atoms with Crippen LogP contribution in [-0.2, 0) is 5.60 Å². The van der Waals surface area contributed by atoms with Gasteiger partial charge in [0.25, 0.3) is 0 Å². The Kier molecular flexibility index (Phi) is 2.81. The topological polar surface area (TPSA) is 29.5 Å². The summed E-state index contributed by atoms with van der Waals surface area (Å²) < 4.78 is 5.22. The molecule has 22 heavy (non-hydrogen) atoms. The van der Waals surface area contributed by atoms with Gasteiger partial charge in [0.05, 0.1) is 7.11 Å². The molecule has 0 aromatic heterocycles. The Morgan fingerprint density at radius 2 is 1.23 bits per heavy atom. The number of hydrogen-bond donors (Lipinski definition) is 1. The highest BCUT2D eigenvalue weighted by Gasteiger charge is 2.42. The van der Waals surface area contributed by atoms with Gasteiger partial charge >= 0.3 is 0 Å². The van der Waals surface area contributed by atoms with Crippen molar-refractivity contribution in [3.05, 3.63) is 89.5 Å². The van der Waals surface area contributed by atoms with Crippen LogP contribution >= 0.6 is 0 Å². The number of fused-ring (bicyclic) bond motifs is 3. The van der Waals surface area contributed by atoms with E-state index in [2.05, 4.69) is 12.1 Å². The Balaban J connectivity index is 2.00. The van der Waals surface area contributed by atoms with E-state index in [0.717, 1.165) is 33.6 Å². The van der Waals surface area contributed by atoms with Gasteiger partial charge in [-0.1, -0.05) is 60.7 Å². The molecular formula is C20H16O2. The van der Waals surface area contributed by atoms with Crippen molar-refractivity contribution in [2.45, 2.75) is 5.60 Å². The fourth-order valence-electron chi connectivity index (χ4n) is 3.36. The largest absolute Gasteiger partial charge is 0.497 e. The van der Waals surface area contributed by atoms with Crippen LogP contribution in [0.15, 0.2) is 72.8 Å². The first kappa shape index (κ1) is 13.1. The van der Waals surface area contributed by atoms with Crippen LogP contribution in [0.1, 0.15) is 16.7 Å². The van der Waals surface area contributed by atoms with E-state index in [1.807, 2.05) is 60.7 Å². The highest BCUT2D eigenvalue weighted by atomic mass is 16.5. The van der Waals surface area contributed by atoms with Crippen LogP contribution in [0.2, 0.25) is 0 Å². The first-order valence-electron chi connectivity index (χ1n) is 7.31. The van der Waals surface area contributed by atoms with E-state index in [4.69, 9.17) is 4.74 Å². The molecule has 4 rings (SSSR count). The number of ether oxygens (including phenoxy) is 1. The Morgan fingerprint density at radius 1 is 0.727 bits per heavy atom. The van der Waals surface area contributed by atoms with E-state index in [-0.39, 0.29) is 0 Å². The molecule has 0 fully saturated rings. The van der Waals surface area contributed by atoms with Crippen molar-refractivity contribution < 1.29 is 9.84 Å². The molecule has 0 radical (unpaired) electrons. The van der Waals surface area contributed by atoms with Gasteiger partial charge in [-0.25, -0.2) is 0 Å². The third-order valence-corrected chi connectivity index (χ3v) is 4.43. The molecule has 2 nitrogen and oxygen atoms in total. The highest BCUT2D eigenvalue weighted by molar-refractivity contribution is 5.82. The summed E-state index contributed by atoms with van der Waals surface area (Å²) in [5.41, 5.74) is 3.79. The average Bonchev–Trinajstić information content (AvgIpc) is 2.86. The summed E-state index contributed by atoms with van der Waals surface area (Å²) in [6.07, 6.45) is 0.